The van der Waals surface area contributed by atoms with Gasteiger partial charge in [0.2, 0.25) is 0 Å². The van der Waals surface area contributed by atoms with Crippen LogP contribution in [-0.2, 0) is 0 Å². The van der Waals surface area contributed by atoms with Crippen molar-refractivity contribution in [3.05, 3.63) is 52.5 Å². The molecule has 7 heteroatoms. The zero-order valence-corrected chi connectivity index (χ0v) is 17.5. The number of amides is 1. The van der Waals surface area contributed by atoms with Crippen molar-refractivity contribution in [3.63, 3.8) is 0 Å². The average Bonchev–Trinajstić information content (AvgIpc) is 2.64. The molecule has 2 rings (SSSR count). The maximum absolute atomic E-state index is 12.4. The van der Waals surface area contributed by atoms with E-state index in [0.717, 1.165) is 17.3 Å². The molecule has 0 aromatic heterocycles. The first kappa shape index (κ1) is 21.2. The van der Waals surface area contributed by atoms with Gasteiger partial charge in [0.25, 0.3) is 5.91 Å². The predicted octanol–water partition coefficient (Wildman–Crippen LogP) is 5.24. The van der Waals surface area contributed by atoms with E-state index in [-0.39, 0.29) is 16.8 Å². The zero-order chi connectivity index (χ0) is 19.6. The smallest absolute Gasteiger partial charge is 0.257 e. The van der Waals surface area contributed by atoms with Crippen molar-refractivity contribution in [2.75, 3.05) is 11.9 Å². The minimum atomic E-state index is -0.318. The number of halogens is 1. The van der Waals surface area contributed by atoms with E-state index in [1.165, 1.54) is 25.0 Å². The summed E-state index contributed by atoms with van der Waals surface area (Å²) in [5.74, 6) is 0.558. The lowest BCUT2D eigenvalue weighted by Gasteiger charge is -2.11. The molecule has 144 valence electrons. The summed E-state index contributed by atoms with van der Waals surface area (Å²) in [7, 11) is 0. The van der Waals surface area contributed by atoms with Gasteiger partial charge in [-0.2, -0.15) is 0 Å². The van der Waals surface area contributed by atoms with Crippen molar-refractivity contribution in [3.8, 4) is 11.5 Å². The fraction of sp³-hybridized carbons (Fsp3) is 0.300. The first-order valence-electron chi connectivity index (χ1n) is 8.83. The van der Waals surface area contributed by atoms with Crippen LogP contribution >= 0.6 is 28.1 Å². The van der Waals surface area contributed by atoms with E-state index in [1.807, 2.05) is 0 Å². The molecule has 1 amide bonds. The lowest BCUT2D eigenvalue weighted by molar-refractivity contribution is 0.0977. The molecule has 0 unspecified atom stereocenters. The SMILES string of the molecule is CCCCCCOc1ccc(C(=O)NC(=S)Nc2ccc(O)cc2)cc1Br. The van der Waals surface area contributed by atoms with E-state index in [0.29, 0.717) is 23.6 Å². The summed E-state index contributed by atoms with van der Waals surface area (Å²) >= 11 is 8.60. The predicted molar refractivity (Wildman–Crippen MR) is 116 cm³/mol. The molecule has 0 aliphatic carbocycles. The summed E-state index contributed by atoms with van der Waals surface area (Å²) in [4.78, 5) is 12.4. The molecule has 5 nitrogen and oxygen atoms in total. The normalized spacial score (nSPS) is 10.3. The number of thiocarbonyl (C=S) groups is 1. The molecule has 0 fully saturated rings. The van der Waals surface area contributed by atoms with Gasteiger partial charge < -0.3 is 15.2 Å². The summed E-state index contributed by atoms with van der Waals surface area (Å²) < 4.78 is 6.48. The molecule has 0 bridgehead atoms. The summed E-state index contributed by atoms with van der Waals surface area (Å²) in [5, 5.41) is 15.0. The molecule has 0 spiro atoms. The number of unbranched alkanes of at least 4 members (excludes halogenated alkanes) is 3. The first-order chi connectivity index (χ1) is 13.0. The monoisotopic (exact) mass is 450 g/mol. The molecule has 0 radical (unpaired) electrons. The zero-order valence-electron chi connectivity index (χ0n) is 15.1. The van der Waals surface area contributed by atoms with E-state index in [4.69, 9.17) is 17.0 Å². The van der Waals surface area contributed by atoms with E-state index in [1.54, 1.807) is 30.3 Å². The van der Waals surface area contributed by atoms with Gasteiger partial charge in [-0.1, -0.05) is 26.2 Å². The van der Waals surface area contributed by atoms with Crippen LogP contribution in [0, 0.1) is 0 Å². The Bertz CT molecular complexity index is 781. The van der Waals surface area contributed by atoms with Gasteiger partial charge >= 0.3 is 0 Å². The maximum Gasteiger partial charge on any atom is 0.257 e. The summed E-state index contributed by atoms with van der Waals surface area (Å²) in [6.07, 6.45) is 4.57. The molecule has 2 aromatic carbocycles. The number of carbonyl (C=O) groups is 1. The fourth-order valence-electron chi connectivity index (χ4n) is 2.35. The van der Waals surface area contributed by atoms with Gasteiger partial charge in [-0.15, -0.1) is 0 Å². The van der Waals surface area contributed by atoms with Gasteiger partial charge in [-0.3, -0.25) is 10.1 Å². The van der Waals surface area contributed by atoms with E-state index >= 15 is 0 Å². The van der Waals surface area contributed by atoms with Crippen molar-refractivity contribution in [1.82, 2.24) is 5.32 Å². The number of phenolic OH excluding ortho intramolecular Hbond substituents is 1. The topological polar surface area (TPSA) is 70.6 Å². The quantitative estimate of drug-likeness (QED) is 0.291. The maximum atomic E-state index is 12.4. The molecule has 0 aliphatic heterocycles. The lowest BCUT2D eigenvalue weighted by atomic mass is 10.2. The van der Waals surface area contributed by atoms with Crippen LogP contribution in [0.3, 0.4) is 0 Å². The fourth-order valence-corrected chi connectivity index (χ4v) is 3.06. The number of nitrogens with one attached hydrogen (secondary N) is 2. The molecular weight excluding hydrogens is 428 g/mol. The Kier molecular flexibility index (Phi) is 8.54. The Balaban J connectivity index is 1.87. The molecular formula is C20H23BrN2O3S. The number of rotatable bonds is 8. The molecule has 3 N–H and O–H groups in total. The highest BCUT2D eigenvalue weighted by molar-refractivity contribution is 9.10. The highest BCUT2D eigenvalue weighted by Gasteiger charge is 2.11. The summed E-state index contributed by atoms with van der Waals surface area (Å²) in [6.45, 7) is 2.83. The molecule has 0 saturated carbocycles. The van der Waals surface area contributed by atoms with Crippen LogP contribution < -0.4 is 15.4 Å². The van der Waals surface area contributed by atoms with Crippen molar-refractivity contribution < 1.29 is 14.6 Å². The third-order valence-corrected chi connectivity index (χ3v) is 4.63. The largest absolute Gasteiger partial charge is 0.508 e. The standard InChI is InChI=1S/C20H23BrN2O3S/c1-2-3-4-5-12-26-18-11-6-14(13-17(18)21)19(25)23-20(27)22-15-7-9-16(24)10-8-15/h6-11,13,24H,2-5,12H2,1H3,(H2,22,23,25,27). The molecule has 2 aromatic rings. The second-order valence-electron chi connectivity index (χ2n) is 6.01. The molecule has 0 heterocycles. The number of hydrogen-bond donors (Lipinski definition) is 3. The van der Waals surface area contributed by atoms with Crippen molar-refractivity contribution >= 4 is 44.9 Å². The first-order valence-corrected chi connectivity index (χ1v) is 10.0. The Labute approximate surface area is 173 Å². The number of phenols is 1. The molecule has 0 aliphatic rings. The highest BCUT2D eigenvalue weighted by Crippen LogP contribution is 2.26. The van der Waals surface area contributed by atoms with Crippen molar-refractivity contribution in [2.24, 2.45) is 0 Å². The minimum Gasteiger partial charge on any atom is -0.508 e. The minimum absolute atomic E-state index is 0.160. The van der Waals surface area contributed by atoms with Crippen LogP contribution in [-0.4, -0.2) is 22.7 Å². The Hall–Kier alpha value is -2.12. The average molecular weight is 451 g/mol. The van der Waals surface area contributed by atoms with Gasteiger partial charge in [0.15, 0.2) is 5.11 Å². The van der Waals surface area contributed by atoms with Gasteiger partial charge in [-0.25, -0.2) is 0 Å². The van der Waals surface area contributed by atoms with Gasteiger partial charge in [0.05, 0.1) is 11.1 Å². The van der Waals surface area contributed by atoms with Crippen LogP contribution in [0.5, 0.6) is 11.5 Å². The van der Waals surface area contributed by atoms with E-state index in [9.17, 15) is 9.90 Å². The van der Waals surface area contributed by atoms with Crippen LogP contribution in [0.25, 0.3) is 0 Å². The van der Waals surface area contributed by atoms with E-state index in [2.05, 4.69) is 33.5 Å². The van der Waals surface area contributed by atoms with Crippen molar-refractivity contribution in [2.45, 2.75) is 32.6 Å². The Morgan fingerprint density at radius 1 is 1.15 bits per heavy atom. The summed E-state index contributed by atoms with van der Waals surface area (Å²) in [6, 6.07) is 11.6. The molecule has 0 atom stereocenters. The summed E-state index contributed by atoms with van der Waals surface area (Å²) in [5.41, 5.74) is 1.14. The van der Waals surface area contributed by atoms with Crippen LogP contribution in [0.4, 0.5) is 5.69 Å². The second-order valence-corrected chi connectivity index (χ2v) is 7.27. The van der Waals surface area contributed by atoms with Crippen molar-refractivity contribution in [1.29, 1.82) is 0 Å². The Morgan fingerprint density at radius 2 is 1.89 bits per heavy atom. The molecule has 27 heavy (non-hydrogen) atoms. The van der Waals surface area contributed by atoms with Crippen LogP contribution in [0.15, 0.2) is 46.9 Å². The highest BCUT2D eigenvalue weighted by atomic mass is 79.9. The molecule has 0 saturated heterocycles. The number of ether oxygens (including phenoxy) is 1. The third kappa shape index (κ3) is 7.19. The van der Waals surface area contributed by atoms with Crippen LogP contribution in [0.2, 0.25) is 0 Å². The number of carbonyl (C=O) groups excluding carboxylic acids is 1. The van der Waals surface area contributed by atoms with Gasteiger partial charge in [0.1, 0.15) is 11.5 Å². The third-order valence-electron chi connectivity index (χ3n) is 3.80. The van der Waals surface area contributed by atoms with E-state index < -0.39 is 0 Å². The van der Waals surface area contributed by atoms with Gasteiger partial charge in [0, 0.05) is 11.3 Å². The number of anilines is 1. The Morgan fingerprint density at radius 3 is 2.56 bits per heavy atom. The number of benzene rings is 2. The number of hydrogen-bond acceptors (Lipinski definition) is 4. The van der Waals surface area contributed by atoms with Crippen LogP contribution in [0.1, 0.15) is 43.0 Å². The number of aromatic hydroxyl groups is 1. The van der Waals surface area contributed by atoms with Gasteiger partial charge in [-0.05, 0) is 77.0 Å². The second kappa shape index (κ2) is 10.9. The lowest BCUT2D eigenvalue weighted by Crippen LogP contribution is -2.34.